The van der Waals surface area contributed by atoms with Crippen molar-refractivity contribution >= 4 is 29.0 Å². The Balaban J connectivity index is 2.09. The molecule has 0 fully saturated rings. The number of ketones is 1. The molecule has 0 saturated carbocycles. The molecule has 0 aromatic heterocycles. The molecule has 0 spiro atoms. The van der Waals surface area contributed by atoms with Crippen LogP contribution in [0.5, 0.6) is 5.75 Å². The lowest BCUT2D eigenvalue weighted by Gasteiger charge is -2.23. The average molecular weight is 354 g/mol. The van der Waals surface area contributed by atoms with Crippen LogP contribution >= 0.6 is 0 Å². The number of ether oxygens (including phenoxy) is 1. The third kappa shape index (κ3) is 4.47. The van der Waals surface area contributed by atoms with Crippen LogP contribution in [0.1, 0.15) is 31.1 Å². The fourth-order valence-electron chi connectivity index (χ4n) is 2.17. The number of anilines is 2. The molecule has 0 atom stereocenters. The number of benzene rings is 2. The Morgan fingerprint density at radius 1 is 0.885 bits per heavy atom. The van der Waals surface area contributed by atoms with Crippen LogP contribution in [0.4, 0.5) is 11.4 Å². The number of carbonyl (C=O) groups excluding carboxylic acids is 3. The van der Waals surface area contributed by atoms with Gasteiger partial charge in [0, 0.05) is 16.9 Å². The van der Waals surface area contributed by atoms with Crippen LogP contribution in [-0.2, 0) is 9.59 Å². The zero-order chi connectivity index (χ0) is 19.3. The van der Waals surface area contributed by atoms with Crippen molar-refractivity contribution in [2.45, 2.75) is 20.8 Å². The van der Waals surface area contributed by atoms with E-state index < -0.39 is 17.2 Å². The van der Waals surface area contributed by atoms with E-state index in [-0.39, 0.29) is 5.78 Å². The topological polar surface area (TPSA) is 84.5 Å². The van der Waals surface area contributed by atoms with Gasteiger partial charge in [0.15, 0.2) is 5.78 Å². The van der Waals surface area contributed by atoms with Crippen molar-refractivity contribution in [3.8, 4) is 5.75 Å². The second-order valence-electron chi connectivity index (χ2n) is 6.40. The van der Waals surface area contributed by atoms with Crippen LogP contribution in [0.25, 0.3) is 0 Å². The maximum atomic E-state index is 12.6. The van der Waals surface area contributed by atoms with Gasteiger partial charge in [-0.2, -0.15) is 0 Å². The minimum atomic E-state index is -1.31. The molecular weight excluding hydrogens is 332 g/mol. The minimum Gasteiger partial charge on any atom is -0.497 e. The highest BCUT2D eigenvalue weighted by Crippen LogP contribution is 2.23. The van der Waals surface area contributed by atoms with E-state index in [1.807, 2.05) is 0 Å². The van der Waals surface area contributed by atoms with Crippen molar-refractivity contribution in [2.24, 2.45) is 5.41 Å². The highest BCUT2D eigenvalue weighted by atomic mass is 16.5. The van der Waals surface area contributed by atoms with E-state index in [9.17, 15) is 14.4 Å². The number of hydrogen-bond acceptors (Lipinski definition) is 4. The molecule has 0 radical (unpaired) electrons. The molecular formula is C20H22N2O4. The SMILES string of the molecule is COc1ccc(NC(=O)C(C)(C)C(=O)Nc2cccc(C(C)=O)c2)cc1. The van der Waals surface area contributed by atoms with E-state index in [1.54, 1.807) is 55.6 Å². The molecule has 26 heavy (non-hydrogen) atoms. The van der Waals surface area contributed by atoms with Gasteiger partial charge in [-0.3, -0.25) is 14.4 Å². The Hall–Kier alpha value is -3.15. The number of hydrogen-bond donors (Lipinski definition) is 2. The Morgan fingerprint density at radius 3 is 2.00 bits per heavy atom. The van der Waals surface area contributed by atoms with Gasteiger partial charge in [-0.25, -0.2) is 0 Å². The monoisotopic (exact) mass is 354 g/mol. The average Bonchev–Trinajstić information content (AvgIpc) is 2.62. The molecule has 2 aromatic carbocycles. The van der Waals surface area contributed by atoms with Crippen LogP contribution in [0.3, 0.4) is 0 Å². The molecule has 136 valence electrons. The van der Waals surface area contributed by atoms with Gasteiger partial charge in [0.05, 0.1) is 7.11 Å². The number of nitrogens with one attached hydrogen (secondary N) is 2. The zero-order valence-corrected chi connectivity index (χ0v) is 15.3. The molecule has 2 N–H and O–H groups in total. The highest BCUT2D eigenvalue weighted by Gasteiger charge is 2.36. The lowest BCUT2D eigenvalue weighted by molar-refractivity contribution is -0.135. The standard InChI is InChI=1S/C20H22N2O4/c1-13(23)14-6-5-7-16(12-14)22-19(25)20(2,3)18(24)21-15-8-10-17(26-4)11-9-15/h5-12H,1-4H3,(H,21,24)(H,22,25). The molecule has 2 aromatic rings. The van der Waals surface area contributed by atoms with Gasteiger partial charge in [0.25, 0.3) is 0 Å². The number of amides is 2. The van der Waals surface area contributed by atoms with Crippen LogP contribution in [0.2, 0.25) is 0 Å². The molecule has 2 amide bonds. The van der Waals surface area contributed by atoms with Crippen molar-refractivity contribution in [1.29, 1.82) is 0 Å². The van der Waals surface area contributed by atoms with Crippen LogP contribution in [0.15, 0.2) is 48.5 Å². The smallest absolute Gasteiger partial charge is 0.239 e. The van der Waals surface area contributed by atoms with Crippen LogP contribution < -0.4 is 15.4 Å². The fraction of sp³-hybridized carbons (Fsp3) is 0.250. The number of Topliss-reactive ketones (excluding diaryl/α,β-unsaturated/α-hetero) is 1. The van der Waals surface area contributed by atoms with Crippen molar-refractivity contribution in [3.05, 3.63) is 54.1 Å². The lowest BCUT2D eigenvalue weighted by atomic mass is 9.90. The Bertz CT molecular complexity index is 826. The van der Waals surface area contributed by atoms with Crippen molar-refractivity contribution < 1.29 is 19.1 Å². The van der Waals surface area contributed by atoms with Crippen molar-refractivity contribution in [3.63, 3.8) is 0 Å². The van der Waals surface area contributed by atoms with Gasteiger partial charge in [-0.05, 0) is 57.2 Å². The van der Waals surface area contributed by atoms with Gasteiger partial charge in [0.1, 0.15) is 11.2 Å². The summed E-state index contributed by atoms with van der Waals surface area (Å²) in [6.45, 7) is 4.53. The maximum Gasteiger partial charge on any atom is 0.239 e. The second-order valence-corrected chi connectivity index (χ2v) is 6.40. The first kappa shape index (κ1) is 19.2. The molecule has 0 saturated heterocycles. The lowest BCUT2D eigenvalue weighted by Crippen LogP contribution is -2.41. The summed E-state index contributed by atoms with van der Waals surface area (Å²) >= 11 is 0. The van der Waals surface area contributed by atoms with E-state index in [0.29, 0.717) is 22.7 Å². The predicted octanol–water partition coefficient (Wildman–Crippen LogP) is 3.50. The predicted molar refractivity (Wildman–Crippen MR) is 100 cm³/mol. The number of rotatable bonds is 6. The summed E-state index contributed by atoms with van der Waals surface area (Å²) in [6, 6.07) is 13.4. The molecule has 0 aliphatic carbocycles. The van der Waals surface area contributed by atoms with Gasteiger partial charge >= 0.3 is 0 Å². The second kappa shape index (κ2) is 7.82. The van der Waals surface area contributed by atoms with Gasteiger partial charge in [0.2, 0.25) is 11.8 Å². The summed E-state index contributed by atoms with van der Waals surface area (Å²) in [6.07, 6.45) is 0. The highest BCUT2D eigenvalue weighted by molar-refractivity contribution is 6.14. The first-order valence-corrected chi connectivity index (χ1v) is 8.12. The van der Waals surface area contributed by atoms with E-state index in [1.165, 1.54) is 20.8 Å². The summed E-state index contributed by atoms with van der Waals surface area (Å²) in [4.78, 5) is 36.6. The summed E-state index contributed by atoms with van der Waals surface area (Å²) in [5.41, 5.74) is 0.207. The first-order valence-electron chi connectivity index (χ1n) is 8.12. The molecule has 6 heteroatoms. The molecule has 0 bridgehead atoms. The Labute approximate surface area is 152 Å². The molecule has 6 nitrogen and oxygen atoms in total. The van der Waals surface area contributed by atoms with Gasteiger partial charge in [-0.1, -0.05) is 12.1 Å². The third-order valence-electron chi connectivity index (χ3n) is 4.01. The Kier molecular flexibility index (Phi) is 5.77. The fourth-order valence-corrected chi connectivity index (χ4v) is 2.17. The molecule has 0 heterocycles. The Morgan fingerprint density at radius 2 is 1.46 bits per heavy atom. The normalized spacial score (nSPS) is 10.8. The van der Waals surface area contributed by atoms with Gasteiger partial charge < -0.3 is 15.4 Å². The van der Waals surface area contributed by atoms with Crippen molar-refractivity contribution in [1.82, 2.24) is 0 Å². The first-order chi connectivity index (χ1) is 12.2. The van der Waals surface area contributed by atoms with Crippen molar-refractivity contribution in [2.75, 3.05) is 17.7 Å². The molecule has 2 rings (SSSR count). The minimum absolute atomic E-state index is 0.0994. The van der Waals surface area contributed by atoms with E-state index in [2.05, 4.69) is 10.6 Å². The third-order valence-corrected chi connectivity index (χ3v) is 4.01. The molecule has 0 unspecified atom stereocenters. The van der Waals surface area contributed by atoms with Crippen LogP contribution in [0, 0.1) is 5.41 Å². The van der Waals surface area contributed by atoms with E-state index in [4.69, 9.17) is 4.74 Å². The molecule has 0 aliphatic heterocycles. The number of carbonyl (C=O) groups is 3. The summed E-state index contributed by atoms with van der Waals surface area (Å²) in [5.74, 6) is -0.338. The van der Waals surface area contributed by atoms with E-state index in [0.717, 1.165) is 0 Å². The number of methoxy groups -OCH3 is 1. The quantitative estimate of drug-likeness (QED) is 0.614. The van der Waals surface area contributed by atoms with Crippen LogP contribution in [-0.4, -0.2) is 24.7 Å². The van der Waals surface area contributed by atoms with E-state index >= 15 is 0 Å². The zero-order valence-electron chi connectivity index (χ0n) is 15.3. The maximum absolute atomic E-state index is 12.6. The summed E-state index contributed by atoms with van der Waals surface area (Å²) in [7, 11) is 1.56. The van der Waals surface area contributed by atoms with Gasteiger partial charge in [-0.15, -0.1) is 0 Å². The molecule has 0 aliphatic rings. The summed E-state index contributed by atoms with van der Waals surface area (Å²) in [5, 5.41) is 5.41. The largest absolute Gasteiger partial charge is 0.497 e. The summed E-state index contributed by atoms with van der Waals surface area (Å²) < 4.78 is 5.07.